The molecular formula is C14H18N4O2. The Balaban J connectivity index is 1.91. The molecule has 0 spiro atoms. The number of anilines is 1. The fourth-order valence-corrected chi connectivity index (χ4v) is 1.64. The van der Waals surface area contributed by atoms with Crippen molar-refractivity contribution in [1.29, 1.82) is 0 Å². The molecule has 0 radical (unpaired) electrons. The molecule has 2 aromatic heterocycles. The van der Waals surface area contributed by atoms with Crippen LogP contribution in [-0.4, -0.2) is 22.4 Å². The van der Waals surface area contributed by atoms with Crippen molar-refractivity contribution < 1.29 is 9.21 Å². The standard InChI is InChI=1S/C14H18N4O2/c1-2-3-6-15-14(19)12-8-13(18-10-17-12)16-9-11-5-4-7-20-11/h4-5,7-8,10H,2-3,6,9H2,1H3,(H,15,19)(H,16,17,18). The first-order chi connectivity index (χ1) is 9.79. The van der Waals surface area contributed by atoms with E-state index in [0.717, 1.165) is 18.6 Å². The number of aromatic nitrogens is 2. The maximum atomic E-state index is 11.9. The molecule has 0 aliphatic heterocycles. The minimum Gasteiger partial charge on any atom is -0.467 e. The first kappa shape index (κ1) is 14.0. The predicted molar refractivity (Wildman–Crippen MR) is 75.3 cm³/mol. The third kappa shape index (κ3) is 4.08. The fraction of sp³-hybridized carbons (Fsp3) is 0.357. The van der Waals surface area contributed by atoms with Crippen LogP contribution in [0.25, 0.3) is 0 Å². The van der Waals surface area contributed by atoms with Crippen LogP contribution in [0.5, 0.6) is 0 Å². The van der Waals surface area contributed by atoms with Crippen LogP contribution in [-0.2, 0) is 6.54 Å². The van der Waals surface area contributed by atoms with Crippen LogP contribution in [0.15, 0.2) is 35.2 Å². The van der Waals surface area contributed by atoms with Crippen molar-refractivity contribution in [3.8, 4) is 0 Å². The Morgan fingerprint density at radius 3 is 3.05 bits per heavy atom. The van der Waals surface area contributed by atoms with Crippen molar-refractivity contribution in [1.82, 2.24) is 15.3 Å². The molecule has 2 rings (SSSR count). The molecule has 2 aromatic rings. The van der Waals surface area contributed by atoms with Crippen LogP contribution in [0.3, 0.4) is 0 Å². The minimum atomic E-state index is -0.179. The van der Waals surface area contributed by atoms with Crippen molar-refractivity contribution in [2.24, 2.45) is 0 Å². The average Bonchev–Trinajstić information content (AvgIpc) is 2.99. The Labute approximate surface area is 117 Å². The van der Waals surface area contributed by atoms with E-state index in [1.54, 1.807) is 12.3 Å². The van der Waals surface area contributed by atoms with Gasteiger partial charge in [-0.15, -0.1) is 0 Å². The molecule has 2 N–H and O–H groups in total. The van der Waals surface area contributed by atoms with E-state index in [1.807, 2.05) is 12.1 Å². The lowest BCUT2D eigenvalue weighted by molar-refractivity contribution is 0.0948. The molecule has 0 aliphatic carbocycles. The van der Waals surface area contributed by atoms with Gasteiger partial charge in [0.15, 0.2) is 0 Å². The Morgan fingerprint density at radius 2 is 2.30 bits per heavy atom. The lowest BCUT2D eigenvalue weighted by Gasteiger charge is -2.06. The van der Waals surface area contributed by atoms with Gasteiger partial charge in [0.25, 0.3) is 5.91 Å². The van der Waals surface area contributed by atoms with Gasteiger partial charge in [-0.2, -0.15) is 0 Å². The van der Waals surface area contributed by atoms with Gasteiger partial charge < -0.3 is 15.1 Å². The van der Waals surface area contributed by atoms with E-state index in [1.165, 1.54) is 6.33 Å². The van der Waals surface area contributed by atoms with Crippen molar-refractivity contribution in [2.75, 3.05) is 11.9 Å². The molecule has 0 saturated heterocycles. The van der Waals surface area contributed by atoms with E-state index in [4.69, 9.17) is 4.42 Å². The van der Waals surface area contributed by atoms with Gasteiger partial charge in [-0.1, -0.05) is 13.3 Å². The van der Waals surface area contributed by atoms with Gasteiger partial charge in [-0.3, -0.25) is 4.79 Å². The molecule has 0 bridgehead atoms. The number of nitrogens with one attached hydrogen (secondary N) is 2. The van der Waals surface area contributed by atoms with Gasteiger partial charge >= 0.3 is 0 Å². The van der Waals surface area contributed by atoms with E-state index in [0.29, 0.717) is 24.6 Å². The molecule has 0 unspecified atom stereocenters. The molecule has 106 valence electrons. The number of nitrogens with zero attached hydrogens (tertiary/aromatic N) is 2. The fourth-order valence-electron chi connectivity index (χ4n) is 1.64. The highest BCUT2D eigenvalue weighted by Crippen LogP contribution is 2.07. The van der Waals surface area contributed by atoms with Crippen LogP contribution in [0.1, 0.15) is 36.0 Å². The third-order valence-electron chi connectivity index (χ3n) is 2.74. The predicted octanol–water partition coefficient (Wildman–Crippen LogP) is 2.21. The van der Waals surface area contributed by atoms with Gasteiger partial charge in [0, 0.05) is 12.6 Å². The number of carbonyl (C=O) groups excluding carboxylic acids is 1. The number of carbonyl (C=O) groups is 1. The van der Waals surface area contributed by atoms with Gasteiger partial charge in [0.2, 0.25) is 0 Å². The van der Waals surface area contributed by atoms with Gasteiger partial charge in [-0.25, -0.2) is 9.97 Å². The molecule has 2 heterocycles. The van der Waals surface area contributed by atoms with Gasteiger partial charge in [0.1, 0.15) is 23.6 Å². The second-order valence-corrected chi connectivity index (χ2v) is 4.33. The van der Waals surface area contributed by atoms with Crippen molar-refractivity contribution >= 4 is 11.7 Å². The highest BCUT2D eigenvalue weighted by molar-refractivity contribution is 5.92. The molecule has 6 nitrogen and oxygen atoms in total. The number of hydrogen-bond donors (Lipinski definition) is 2. The van der Waals surface area contributed by atoms with E-state index in [2.05, 4.69) is 27.5 Å². The topological polar surface area (TPSA) is 80.0 Å². The summed E-state index contributed by atoms with van der Waals surface area (Å²) in [5.41, 5.74) is 0.359. The Bertz CT molecular complexity index is 540. The lowest BCUT2D eigenvalue weighted by atomic mass is 10.3. The number of unbranched alkanes of at least 4 members (excludes halogenated alkanes) is 1. The van der Waals surface area contributed by atoms with Crippen molar-refractivity contribution in [2.45, 2.75) is 26.3 Å². The summed E-state index contributed by atoms with van der Waals surface area (Å²) in [7, 11) is 0. The maximum Gasteiger partial charge on any atom is 0.270 e. The van der Waals surface area contributed by atoms with Crippen LogP contribution in [0.2, 0.25) is 0 Å². The Morgan fingerprint density at radius 1 is 1.40 bits per heavy atom. The van der Waals surface area contributed by atoms with Crippen LogP contribution in [0, 0.1) is 0 Å². The van der Waals surface area contributed by atoms with Crippen LogP contribution < -0.4 is 10.6 Å². The second kappa shape index (κ2) is 7.28. The molecule has 0 aliphatic rings. The largest absolute Gasteiger partial charge is 0.467 e. The summed E-state index contributed by atoms with van der Waals surface area (Å²) in [6.07, 6.45) is 4.99. The molecule has 1 amide bonds. The minimum absolute atomic E-state index is 0.179. The first-order valence-corrected chi connectivity index (χ1v) is 6.66. The van der Waals surface area contributed by atoms with E-state index < -0.39 is 0 Å². The molecule has 6 heteroatoms. The maximum absolute atomic E-state index is 11.9. The SMILES string of the molecule is CCCCNC(=O)c1cc(NCc2ccco2)ncn1. The Hall–Kier alpha value is -2.37. The monoisotopic (exact) mass is 274 g/mol. The summed E-state index contributed by atoms with van der Waals surface area (Å²) in [5.74, 6) is 1.22. The summed E-state index contributed by atoms with van der Waals surface area (Å²) < 4.78 is 5.21. The molecule has 0 atom stereocenters. The summed E-state index contributed by atoms with van der Waals surface area (Å²) in [6, 6.07) is 5.32. The molecule has 0 aromatic carbocycles. The highest BCUT2D eigenvalue weighted by atomic mass is 16.3. The van der Waals surface area contributed by atoms with Crippen LogP contribution >= 0.6 is 0 Å². The zero-order valence-electron chi connectivity index (χ0n) is 11.4. The summed E-state index contributed by atoms with van der Waals surface area (Å²) in [4.78, 5) is 19.9. The van der Waals surface area contributed by atoms with E-state index in [-0.39, 0.29) is 5.91 Å². The number of amides is 1. The summed E-state index contributed by atoms with van der Waals surface area (Å²) in [5, 5.41) is 5.91. The van der Waals surface area contributed by atoms with Gasteiger partial charge in [0.05, 0.1) is 12.8 Å². The second-order valence-electron chi connectivity index (χ2n) is 4.33. The van der Waals surface area contributed by atoms with Gasteiger partial charge in [-0.05, 0) is 18.6 Å². The molecule has 20 heavy (non-hydrogen) atoms. The lowest BCUT2D eigenvalue weighted by Crippen LogP contribution is -2.25. The summed E-state index contributed by atoms with van der Waals surface area (Å²) >= 11 is 0. The first-order valence-electron chi connectivity index (χ1n) is 6.66. The molecule has 0 saturated carbocycles. The van der Waals surface area contributed by atoms with E-state index in [9.17, 15) is 4.79 Å². The molecule has 0 fully saturated rings. The number of hydrogen-bond acceptors (Lipinski definition) is 5. The quantitative estimate of drug-likeness (QED) is 0.757. The third-order valence-corrected chi connectivity index (χ3v) is 2.74. The van der Waals surface area contributed by atoms with Crippen molar-refractivity contribution in [3.05, 3.63) is 42.2 Å². The normalized spacial score (nSPS) is 10.2. The number of rotatable bonds is 7. The number of furan rings is 1. The highest BCUT2D eigenvalue weighted by Gasteiger charge is 2.08. The zero-order chi connectivity index (χ0) is 14.2. The van der Waals surface area contributed by atoms with Crippen molar-refractivity contribution in [3.63, 3.8) is 0 Å². The average molecular weight is 274 g/mol. The summed E-state index contributed by atoms with van der Waals surface area (Å²) in [6.45, 7) is 3.25. The molecular weight excluding hydrogens is 256 g/mol. The smallest absolute Gasteiger partial charge is 0.270 e. The van der Waals surface area contributed by atoms with Crippen LogP contribution in [0.4, 0.5) is 5.82 Å². The van der Waals surface area contributed by atoms with E-state index >= 15 is 0 Å². The zero-order valence-corrected chi connectivity index (χ0v) is 11.4. The Kier molecular flexibility index (Phi) is 5.11.